The summed E-state index contributed by atoms with van der Waals surface area (Å²) in [6.45, 7) is 4.13. The summed E-state index contributed by atoms with van der Waals surface area (Å²) in [5, 5.41) is 4.33. The largest absolute Gasteiger partial charge is 0.458 e. The third-order valence-corrected chi connectivity index (χ3v) is 12.7. The molecule has 2 aliphatic rings. The number of fused-ring (bicyclic) bond motifs is 10. The van der Waals surface area contributed by atoms with Gasteiger partial charge in [0.2, 0.25) is 0 Å². The van der Waals surface area contributed by atoms with E-state index in [2.05, 4.69) is 181 Å². The summed E-state index contributed by atoms with van der Waals surface area (Å²) < 4.78 is 26.2. The van der Waals surface area contributed by atoms with Crippen LogP contribution in [0.15, 0.2) is 197 Å². The first-order chi connectivity index (χ1) is 31.0. The normalized spacial score (nSPS) is 12.5. The Kier molecular flexibility index (Phi) is 7.73. The predicted octanol–water partition coefficient (Wildman–Crippen LogP) is 13.8. The summed E-state index contributed by atoms with van der Waals surface area (Å²) in [6.07, 6.45) is 0. The lowest BCUT2D eigenvalue weighted by Gasteiger charge is -2.34. The van der Waals surface area contributed by atoms with Gasteiger partial charge in [-0.25, -0.2) is 0 Å². The van der Waals surface area contributed by atoms with Crippen LogP contribution in [0.3, 0.4) is 0 Å². The first kappa shape index (κ1) is 35.6. The maximum absolute atomic E-state index is 6.85. The van der Waals surface area contributed by atoms with E-state index in [0.29, 0.717) is 0 Å². The van der Waals surface area contributed by atoms with E-state index in [4.69, 9.17) is 18.3 Å². The van der Waals surface area contributed by atoms with Crippen LogP contribution in [0.1, 0.15) is 11.1 Å². The molecule has 13 rings (SSSR count). The average molecular weight is 813 g/mol. The van der Waals surface area contributed by atoms with E-state index in [9.17, 15) is 0 Å². The summed E-state index contributed by atoms with van der Waals surface area (Å²) >= 11 is 0. The highest BCUT2D eigenvalue weighted by Gasteiger charge is 2.40. The number of anilines is 6. The monoisotopic (exact) mass is 812 g/mol. The van der Waals surface area contributed by atoms with Gasteiger partial charge in [-0.15, -0.1) is 0 Å². The molecule has 0 fully saturated rings. The van der Waals surface area contributed by atoms with Crippen LogP contribution in [-0.4, -0.2) is 6.71 Å². The number of hydrogen-bond donors (Lipinski definition) is 0. The van der Waals surface area contributed by atoms with Crippen LogP contribution >= 0.6 is 0 Å². The summed E-state index contributed by atoms with van der Waals surface area (Å²) in [5.41, 5.74) is 15.2. The van der Waals surface area contributed by atoms with Crippen LogP contribution in [0.5, 0.6) is 23.0 Å². The van der Waals surface area contributed by atoms with Crippen LogP contribution in [0, 0.1) is 13.8 Å². The van der Waals surface area contributed by atoms with Crippen molar-refractivity contribution in [3.63, 3.8) is 0 Å². The Morgan fingerprint density at radius 3 is 1.21 bits per heavy atom. The van der Waals surface area contributed by atoms with Gasteiger partial charge in [-0.2, -0.15) is 0 Å². The number of ether oxygens (including phenoxy) is 2. The zero-order valence-corrected chi connectivity index (χ0v) is 34.5. The van der Waals surface area contributed by atoms with Gasteiger partial charge in [0.15, 0.2) is 0 Å². The van der Waals surface area contributed by atoms with E-state index in [0.717, 1.165) is 117 Å². The molecule has 2 aromatic heterocycles. The van der Waals surface area contributed by atoms with E-state index in [1.165, 1.54) is 11.1 Å². The van der Waals surface area contributed by atoms with Gasteiger partial charge in [0.1, 0.15) is 45.3 Å². The quantitative estimate of drug-likeness (QED) is 0.156. The highest BCUT2D eigenvalue weighted by atomic mass is 16.5. The Hall–Kier alpha value is -8.16. The summed E-state index contributed by atoms with van der Waals surface area (Å²) in [5.74, 6) is 3.22. The first-order valence-corrected chi connectivity index (χ1v) is 21.3. The zero-order valence-electron chi connectivity index (χ0n) is 34.5. The Morgan fingerprint density at radius 2 is 0.730 bits per heavy atom. The number of rotatable bonds is 6. The number of aryl methyl sites for hydroxylation is 2. The maximum Gasteiger partial charge on any atom is 0.260 e. The SMILES string of the molecule is Cc1ccc(N(c2ccc3c(c2)Oc2cccc4c2B3c2ccc(N(c3ccc(C)cc3)c3ccc5oc6ccccc6c5c3)cc2O4)c2ccc3oc4ccccc4c3c2)cc1. The van der Waals surface area contributed by atoms with E-state index in [1.54, 1.807) is 0 Å². The molecular weight excluding hydrogens is 775 g/mol. The molecule has 0 amide bonds. The molecule has 63 heavy (non-hydrogen) atoms. The fourth-order valence-electron chi connectivity index (χ4n) is 9.67. The van der Waals surface area contributed by atoms with Crippen molar-refractivity contribution in [1.29, 1.82) is 0 Å². The lowest BCUT2D eigenvalue weighted by atomic mass is 9.35. The lowest BCUT2D eigenvalue weighted by Crippen LogP contribution is -2.57. The van der Waals surface area contributed by atoms with Crippen LogP contribution < -0.4 is 35.7 Å². The third-order valence-electron chi connectivity index (χ3n) is 12.7. The highest BCUT2D eigenvalue weighted by Crippen LogP contribution is 2.44. The van der Waals surface area contributed by atoms with Crippen LogP contribution in [0.4, 0.5) is 34.1 Å². The highest BCUT2D eigenvalue weighted by molar-refractivity contribution is 6.98. The topological polar surface area (TPSA) is 51.2 Å². The van der Waals surface area contributed by atoms with Crippen molar-refractivity contribution in [2.24, 2.45) is 0 Å². The molecule has 0 radical (unpaired) electrons. The van der Waals surface area contributed by atoms with Gasteiger partial charge in [-0.1, -0.05) is 90.0 Å². The molecule has 0 aliphatic carbocycles. The van der Waals surface area contributed by atoms with Crippen molar-refractivity contribution in [3.8, 4) is 23.0 Å². The first-order valence-electron chi connectivity index (χ1n) is 21.3. The fourth-order valence-corrected chi connectivity index (χ4v) is 9.67. The standard InChI is InChI=1S/C56H37BN2O4/c1-34-14-18-36(19-15-34)58(38-24-28-50-44(30-38)42-8-3-5-10-48(42)60-50)40-22-26-46-54(32-40)62-52-12-7-13-53-56(52)57(46)47-27-23-41(33-55(47)63-53)59(37-20-16-35(2)17-21-37)39-25-29-51-45(31-39)43-9-4-6-11-49(43)61-51/h3-33H,1-2H3. The van der Waals surface area contributed by atoms with Crippen molar-refractivity contribution < 1.29 is 18.3 Å². The smallest absolute Gasteiger partial charge is 0.260 e. The van der Waals surface area contributed by atoms with Gasteiger partial charge in [0.05, 0.1) is 0 Å². The van der Waals surface area contributed by atoms with Crippen molar-refractivity contribution in [1.82, 2.24) is 0 Å². The minimum atomic E-state index is -0.102. The molecule has 0 saturated heterocycles. The molecule has 0 atom stereocenters. The molecule has 7 heteroatoms. The van der Waals surface area contributed by atoms with Gasteiger partial charge in [0.25, 0.3) is 6.71 Å². The second-order valence-corrected chi connectivity index (χ2v) is 16.6. The second kappa shape index (κ2) is 13.7. The fraction of sp³-hybridized carbons (Fsp3) is 0.0357. The molecule has 9 aromatic carbocycles. The average Bonchev–Trinajstić information content (AvgIpc) is 3.88. The van der Waals surface area contributed by atoms with Gasteiger partial charge in [0, 0.05) is 73.3 Å². The molecule has 0 unspecified atom stereocenters. The molecule has 298 valence electrons. The molecule has 0 N–H and O–H groups in total. The molecule has 11 aromatic rings. The number of benzene rings is 9. The van der Waals surface area contributed by atoms with E-state index >= 15 is 0 Å². The minimum Gasteiger partial charge on any atom is -0.458 e. The van der Waals surface area contributed by atoms with Crippen LogP contribution in [0.25, 0.3) is 43.9 Å². The van der Waals surface area contributed by atoms with E-state index in [-0.39, 0.29) is 6.71 Å². The molecular formula is C56H37BN2O4. The van der Waals surface area contributed by atoms with Crippen molar-refractivity contribution in [3.05, 3.63) is 199 Å². The van der Waals surface area contributed by atoms with Crippen molar-refractivity contribution in [2.45, 2.75) is 13.8 Å². The Balaban J connectivity index is 0.937. The van der Waals surface area contributed by atoms with Gasteiger partial charge >= 0.3 is 0 Å². The number of hydrogen-bond acceptors (Lipinski definition) is 6. The minimum absolute atomic E-state index is 0.102. The van der Waals surface area contributed by atoms with Crippen LogP contribution in [-0.2, 0) is 0 Å². The molecule has 0 spiro atoms. The number of para-hydroxylation sites is 2. The van der Waals surface area contributed by atoms with E-state index < -0.39 is 0 Å². The lowest BCUT2D eigenvalue weighted by molar-refractivity contribution is 0.464. The van der Waals surface area contributed by atoms with Gasteiger partial charge in [-0.3, -0.25) is 0 Å². The van der Waals surface area contributed by atoms with Crippen molar-refractivity contribution in [2.75, 3.05) is 9.80 Å². The summed E-state index contributed by atoms with van der Waals surface area (Å²) in [6, 6.07) is 66.0. The molecule has 0 bridgehead atoms. The molecule has 4 heterocycles. The molecule has 0 saturated carbocycles. The zero-order chi connectivity index (χ0) is 41.8. The van der Waals surface area contributed by atoms with Crippen molar-refractivity contribution >= 4 is 101 Å². The van der Waals surface area contributed by atoms with Crippen LogP contribution in [0.2, 0.25) is 0 Å². The Bertz CT molecular complexity index is 3390. The summed E-state index contributed by atoms with van der Waals surface area (Å²) in [7, 11) is 0. The van der Waals surface area contributed by atoms with Gasteiger partial charge < -0.3 is 28.1 Å². The maximum atomic E-state index is 6.85. The molecule has 6 nitrogen and oxygen atoms in total. The number of nitrogens with zero attached hydrogens (tertiary/aromatic N) is 2. The second-order valence-electron chi connectivity index (χ2n) is 16.6. The van der Waals surface area contributed by atoms with Gasteiger partial charge in [-0.05, 0) is 122 Å². The summed E-state index contributed by atoms with van der Waals surface area (Å²) in [4.78, 5) is 4.59. The third kappa shape index (κ3) is 5.66. The number of furan rings is 2. The molecule has 2 aliphatic heterocycles. The predicted molar refractivity (Wildman–Crippen MR) is 258 cm³/mol. The van der Waals surface area contributed by atoms with E-state index in [1.807, 2.05) is 30.3 Å². The Morgan fingerprint density at radius 1 is 0.333 bits per heavy atom. The Labute approximate surface area is 363 Å².